The molecule has 1 nitrogen and oxygen atoms in total. The quantitative estimate of drug-likeness (QED) is 0.820. The number of halogens is 2. The van der Waals surface area contributed by atoms with E-state index in [1.54, 1.807) is 19.1 Å². The van der Waals surface area contributed by atoms with E-state index < -0.39 is 11.6 Å². The lowest BCUT2D eigenvalue weighted by molar-refractivity contribution is 0.446. The van der Waals surface area contributed by atoms with Crippen LogP contribution in [0, 0.1) is 24.5 Å². The van der Waals surface area contributed by atoms with E-state index in [1.165, 1.54) is 0 Å². The van der Waals surface area contributed by atoms with Crippen molar-refractivity contribution >= 4 is 0 Å². The van der Waals surface area contributed by atoms with Crippen LogP contribution in [0.2, 0.25) is 0 Å². The van der Waals surface area contributed by atoms with Gasteiger partial charge in [0.05, 0.1) is 0 Å². The molecule has 0 saturated carbocycles. The number of nitrogens with two attached hydrogens (primary N) is 1. The minimum Gasteiger partial charge on any atom is -0.330 e. The first-order valence-electron chi connectivity index (χ1n) is 5.13. The molecule has 1 aromatic rings. The van der Waals surface area contributed by atoms with Crippen LogP contribution in [0.3, 0.4) is 0 Å². The molecule has 0 fully saturated rings. The monoisotopic (exact) mass is 213 g/mol. The van der Waals surface area contributed by atoms with Gasteiger partial charge in [0.2, 0.25) is 0 Å². The predicted octanol–water partition coefficient (Wildman–Crippen LogP) is 2.97. The molecule has 0 heterocycles. The van der Waals surface area contributed by atoms with Crippen LogP contribution in [-0.4, -0.2) is 6.54 Å². The van der Waals surface area contributed by atoms with Gasteiger partial charge in [-0.05, 0) is 36.4 Å². The van der Waals surface area contributed by atoms with E-state index in [1.807, 2.05) is 13.8 Å². The smallest absolute Gasteiger partial charge is 0.162 e. The number of benzene rings is 1. The molecule has 15 heavy (non-hydrogen) atoms. The van der Waals surface area contributed by atoms with Crippen molar-refractivity contribution in [1.29, 1.82) is 0 Å². The Balaban J connectivity index is 3.10. The predicted molar refractivity (Wildman–Crippen MR) is 57.7 cm³/mol. The van der Waals surface area contributed by atoms with Crippen molar-refractivity contribution in [1.82, 2.24) is 0 Å². The van der Waals surface area contributed by atoms with Gasteiger partial charge in [0.1, 0.15) is 0 Å². The molecular weight excluding hydrogens is 196 g/mol. The van der Waals surface area contributed by atoms with Gasteiger partial charge in [0.15, 0.2) is 11.6 Å². The maximum atomic E-state index is 13.6. The zero-order valence-electron chi connectivity index (χ0n) is 9.35. The van der Waals surface area contributed by atoms with E-state index >= 15 is 0 Å². The molecule has 0 aliphatic heterocycles. The second-order valence-corrected chi connectivity index (χ2v) is 4.10. The molecule has 2 N–H and O–H groups in total. The van der Waals surface area contributed by atoms with E-state index in [0.29, 0.717) is 17.7 Å². The molecular formula is C12H17F2N. The van der Waals surface area contributed by atoms with Crippen molar-refractivity contribution in [2.75, 3.05) is 6.54 Å². The first-order valence-corrected chi connectivity index (χ1v) is 5.13. The van der Waals surface area contributed by atoms with Gasteiger partial charge in [-0.15, -0.1) is 0 Å². The van der Waals surface area contributed by atoms with Crippen LogP contribution in [-0.2, 0) is 0 Å². The lowest BCUT2D eigenvalue weighted by atomic mass is 9.88. The zero-order chi connectivity index (χ0) is 11.6. The van der Waals surface area contributed by atoms with Crippen molar-refractivity contribution < 1.29 is 8.78 Å². The maximum Gasteiger partial charge on any atom is 0.162 e. The lowest BCUT2D eigenvalue weighted by Gasteiger charge is -2.19. The van der Waals surface area contributed by atoms with Crippen molar-refractivity contribution in [3.63, 3.8) is 0 Å². The van der Waals surface area contributed by atoms with Crippen molar-refractivity contribution in [2.45, 2.75) is 26.7 Å². The minimum absolute atomic E-state index is 0.0647. The zero-order valence-corrected chi connectivity index (χ0v) is 9.35. The topological polar surface area (TPSA) is 26.0 Å². The lowest BCUT2D eigenvalue weighted by Crippen LogP contribution is -2.18. The summed E-state index contributed by atoms with van der Waals surface area (Å²) in [6, 6.07) is 3.25. The molecule has 0 radical (unpaired) electrons. The van der Waals surface area contributed by atoms with Crippen LogP contribution in [0.4, 0.5) is 8.78 Å². The third kappa shape index (κ3) is 2.34. The molecule has 3 heteroatoms. The standard InChI is InChI=1S/C12H17F2N/c1-7-4-5-10(12(14)11(7)13)9(3)8(2)6-15/h4-5,8-9H,6,15H2,1-3H3. The summed E-state index contributed by atoms with van der Waals surface area (Å²) in [6.45, 7) is 5.82. The Morgan fingerprint density at radius 1 is 1.20 bits per heavy atom. The van der Waals surface area contributed by atoms with Gasteiger partial charge in [0.25, 0.3) is 0 Å². The molecule has 0 spiro atoms. The average molecular weight is 213 g/mol. The average Bonchev–Trinajstić information content (AvgIpc) is 2.24. The molecule has 2 unspecified atom stereocenters. The van der Waals surface area contributed by atoms with E-state index in [2.05, 4.69) is 0 Å². The van der Waals surface area contributed by atoms with Crippen LogP contribution in [0.1, 0.15) is 30.9 Å². The number of hydrogen-bond donors (Lipinski definition) is 1. The van der Waals surface area contributed by atoms with Gasteiger partial charge in [-0.1, -0.05) is 26.0 Å². The normalized spacial score (nSPS) is 15.1. The minimum atomic E-state index is -0.747. The molecule has 2 atom stereocenters. The van der Waals surface area contributed by atoms with E-state index in [0.717, 1.165) is 0 Å². The van der Waals surface area contributed by atoms with Crippen molar-refractivity contribution in [2.24, 2.45) is 11.7 Å². The Labute approximate surface area is 89.3 Å². The highest BCUT2D eigenvalue weighted by Crippen LogP contribution is 2.28. The molecule has 0 bridgehead atoms. The molecule has 0 saturated heterocycles. The van der Waals surface area contributed by atoms with Gasteiger partial charge in [-0.25, -0.2) is 8.78 Å². The van der Waals surface area contributed by atoms with Crippen LogP contribution in [0.25, 0.3) is 0 Å². The van der Waals surface area contributed by atoms with Crippen molar-refractivity contribution in [3.8, 4) is 0 Å². The molecule has 0 aliphatic rings. The summed E-state index contributed by atoms with van der Waals surface area (Å²) in [5.74, 6) is -1.40. The third-order valence-corrected chi connectivity index (χ3v) is 3.02. The fourth-order valence-electron chi connectivity index (χ4n) is 1.52. The number of hydrogen-bond acceptors (Lipinski definition) is 1. The Morgan fingerprint density at radius 2 is 1.80 bits per heavy atom. The molecule has 1 rings (SSSR count). The second-order valence-electron chi connectivity index (χ2n) is 4.10. The van der Waals surface area contributed by atoms with Gasteiger partial charge >= 0.3 is 0 Å². The molecule has 0 amide bonds. The summed E-state index contributed by atoms with van der Waals surface area (Å²) in [4.78, 5) is 0. The highest BCUT2D eigenvalue weighted by molar-refractivity contribution is 5.28. The summed E-state index contributed by atoms with van der Waals surface area (Å²) >= 11 is 0. The van der Waals surface area contributed by atoms with Gasteiger partial charge in [0, 0.05) is 0 Å². The number of aryl methyl sites for hydroxylation is 1. The second kappa shape index (κ2) is 4.71. The van der Waals surface area contributed by atoms with Crippen molar-refractivity contribution in [3.05, 3.63) is 34.9 Å². The van der Waals surface area contributed by atoms with E-state index in [9.17, 15) is 8.78 Å². The Hall–Kier alpha value is -0.960. The molecule has 0 aromatic heterocycles. The first kappa shape index (κ1) is 12.1. The van der Waals surface area contributed by atoms with Crippen LogP contribution in [0.15, 0.2) is 12.1 Å². The Bertz CT molecular complexity index is 350. The SMILES string of the molecule is Cc1ccc(C(C)C(C)CN)c(F)c1F. The van der Waals surface area contributed by atoms with E-state index in [-0.39, 0.29) is 11.8 Å². The van der Waals surface area contributed by atoms with Gasteiger partial charge < -0.3 is 5.73 Å². The summed E-state index contributed by atoms with van der Waals surface area (Å²) in [5, 5.41) is 0. The molecule has 84 valence electrons. The highest BCUT2D eigenvalue weighted by atomic mass is 19.2. The summed E-state index contributed by atoms with van der Waals surface area (Å²) in [5.41, 5.74) is 6.26. The fraction of sp³-hybridized carbons (Fsp3) is 0.500. The molecule has 1 aromatic carbocycles. The Kier molecular flexibility index (Phi) is 3.80. The first-order chi connectivity index (χ1) is 6.99. The summed E-state index contributed by atoms with van der Waals surface area (Å²) in [7, 11) is 0. The fourth-order valence-corrected chi connectivity index (χ4v) is 1.52. The molecule has 0 aliphatic carbocycles. The highest BCUT2D eigenvalue weighted by Gasteiger charge is 2.19. The maximum absolute atomic E-state index is 13.6. The summed E-state index contributed by atoms with van der Waals surface area (Å²) in [6.07, 6.45) is 0. The van der Waals surface area contributed by atoms with Gasteiger partial charge in [-0.3, -0.25) is 0 Å². The summed E-state index contributed by atoms with van der Waals surface area (Å²) < 4.78 is 26.9. The third-order valence-electron chi connectivity index (χ3n) is 3.02. The van der Waals surface area contributed by atoms with Crippen LogP contribution >= 0.6 is 0 Å². The van der Waals surface area contributed by atoms with E-state index in [4.69, 9.17) is 5.73 Å². The van der Waals surface area contributed by atoms with Crippen LogP contribution in [0.5, 0.6) is 0 Å². The van der Waals surface area contributed by atoms with Crippen LogP contribution < -0.4 is 5.73 Å². The number of rotatable bonds is 3. The van der Waals surface area contributed by atoms with Gasteiger partial charge in [-0.2, -0.15) is 0 Å². The Morgan fingerprint density at radius 3 is 2.33 bits per heavy atom. The largest absolute Gasteiger partial charge is 0.330 e.